The van der Waals surface area contributed by atoms with E-state index in [0.717, 1.165) is 16.8 Å². The lowest BCUT2D eigenvalue weighted by Crippen LogP contribution is -2.65. The molecular formula is C25H31N3O6. The van der Waals surface area contributed by atoms with Crippen molar-refractivity contribution in [2.45, 2.75) is 38.3 Å². The van der Waals surface area contributed by atoms with Gasteiger partial charge in [0.2, 0.25) is 5.78 Å². The molecule has 1 aromatic carbocycles. The van der Waals surface area contributed by atoms with Crippen LogP contribution in [-0.2, 0) is 16.0 Å². The van der Waals surface area contributed by atoms with Crippen LogP contribution < -0.4 is 10.6 Å². The molecule has 0 heterocycles. The number of likely N-dealkylation sites (N-methyl/N-ethyl adjacent to an activating group) is 1. The Morgan fingerprint density at radius 2 is 1.76 bits per heavy atom. The fraction of sp³-hybridized carbons (Fsp3) is 0.480. The molecule has 9 nitrogen and oxygen atoms in total. The molecule has 0 bridgehead atoms. The van der Waals surface area contributed by atoms with Crippen LogP contribution in [0.5, 0.6) is 0 Å². The zero-order valence-corrected chi connectivity index (χ0v) is 20.3. The van der Waals surface area contributed by atoms with Gasteiger partial charge in [0.05, 0.1) is 6.04 Å². The third-order valence-corrected chi connectivity index (χ3v) is 7.70. The summed E-state index contributed by atoms with van der Waals surface area (Å²) in [6, 6.07) is 2.79. The molecule has 4 rings (SSSR count). The van der Waals surface area contributed by atoms with Crippen LogP contribution in [0.2, 0.25) is 0 Å². The summed E-state index contributed by atoms with van der Waals surface area (Å²) < 4.78 is 0. The number of benzene rings is 1. The summed E-state index contributed by atoms with van der Waals surface area (Å²) in [6.07, 6.45) is 0.496. The van der Waals surface area contributed by atoms with E-state index in [0.29, 0.717) is 12.0 Å². The lowest BCUT2D eigenvalue weighted by molar-refractivity contribution is -0.150. The van der Waals surface area contributed by atoms with Gasteiger partial charge in [-0.05, 0) is 51.1 Å². The highest BCUT2D eigenvalue weighted by Crippen LogP contribution is 2.57. The molecule has 5 N–H and O–H groups in total. The molecule has 0 spiro atoms. The van der Waals surface area contributed by atoms with Crippen molar-refractivity contribution in [3.8, 4) is 0 Å². The molecular weight excluding hydrogens is 438 g/mol. The summed E-state index contributed by atoms with van der Waals surface area (Å²) in [7, 11) is 7.03. The topological polar surface area (TPSA) is 144 Å². The van der Waals surface area contributed by atoms with Gasteiger partial charge in [0, 0.05) is 42.3 Å². The van der Waals surface area contributed by atoms with E-state index < -0.39 is 57.5 Å². The Balaban J connectivity index is 2.03. The number of amides is 1. The zero-order chi connectivity index (χ0) is 25.5. The SMILES string of the molecule is Cc1ccc(N(C)C)c2c1C(=O)C1=C(O)[C@]3(O)C(=O)C(C(N)=O)=C(O)[C@@H](N(C)C)[C@@H]3C[C@]1(C)C2. The largest absolute Gasteiger partial charge is 0.510 e. The number of aryl methyl sites for hydroxylation is 1. The summed E-state index contributed by atoms with van der Waals surface area (Å²) in [6.45, 7) is 3.62. The van der Waals surface area contributed by atoms with E-state index in [2.05, 4.69) is 0 Å². The predicted molar refractivity (Wildman–Crippen MR) is 126 cm³/mol. The molecule has 3 aliphatic rings. The van der Waals surface area contributed by atoms with Crippen LogP contribution in [0.3, 0.4) is 0 Å². The van der Waals surface area contributed by atoms with Crippen LogP contribution in [-0.4, -0.2) is 77.5 Å². The number of Topliss-reactive ketones (excluding diaryl/α,β-unsaturated/α-hetero) is 2. The van der Waals surface area contributed by atoms with Gasteiger partial charge >= 0.3 is 0 Å². The fourth-order valence-corrected chi connectivity index (χ4v) is 6.22. The van der Waals surface area contributed by atoms with Gasteiger partial charge in [-0.15, -0.1) is 0 Å². The molecule has 9 heteroatoms. The van der Waals surface area contributed by atoms with Crippen LogP contribution in [0.1, 0.15) is 34.8 Å². The predicted octanol–water partition coefficient (Wildman–Crippen LogP) is 1.18. The monoisotopic (exact) mass is 469 g/mol. The quantitative estimate of drug-likeness (QED) is 0.483. The number of allylic oxidation sites excluding steroid dienone is 1. The minimum atomic E-state index is -2.57. The second-order valence-corrected chi connectivity index (χ2v) is 10.4. The number of nitrogens with zero attached hydrogens (tertiary/aromatic N) is 2. The van der Waals surface area contributed by atoms with Crippen LogP contribution in [0, 0.1) is 18.3 Å². The average molecular weight is 470 g/mol. The van der Waals surface area contributed by atoms with Crippen molar-refractivity contribution >= 4 is 23.2 Å². The van der Waals surface area contributed by atoms with E-state index in [1.54, 1.807) is 25.9 Å². The lowest BCUT2D eigenvalue weighted by Gasteiger charge is -2.53. The first kappa shape index (κ1) is 24.0. The first-order valence-electron chi connectivity index (χ1n) is 11.1. The number of aliphatic hydroxyl groups is 3. The minimum Gasteiger partial charge on any atom is -0.510 e. The normalized spacial score (nSPS) is 30.8. The molecule has 0 aromatic heterocycles. The maximum atomic E-state index is 13.9. The molecule has 0 aliphatic heterocycles. The van der Waals surface area contributed by atoms with E-state index in [1.807, 2.05) is 38.1 Å². The third kappa shape index (κ3) is 2.89. The van der Waals surface area contributed by atoms with E-state index in [9.17, 15) is 29.7 Å². The third-order valence-electron chi connectivity index (χ3n) is 7.70. The Morgan fingerprint density at radius 3 is 2.29 bits per heavy atom. The molecule has 0 saturated carbocycles. The van der Waals surface area contributed by atoms with E-state index in [1.165, 1.54) is 0 Å². The number of rotatable bonds is 3. The second kappa shape index (κ2) is 7.41. The number of fused-ring (bicyclic) bond motifs is 3. The second-order valence-electron chi connectivity index (χ2n) is 10.4. The Kier molecular flexibility index (Phi) is 5.23. The van der Waals surface area contributed by atoms with Gasteiger partial charge in [-0.25, -0.2) is 0 Å². The molecule has 1 aromatic rings. The van der Waals surface area contributed by atoms with Crippen LogP contribution in [0.4, 0.5) is 5.69 Å². The Bertz CT molecular complexity index is 1210. The van der Waals surface area contributed by atoms with Crippen molar-refractivity contribution in [2.24, 2.45) is 17.1 Å². The first-order valence-corrected chi connectivity index (χ1v) is 11.1. The van der Waals surface area contributed by atoms with Crippen molar-refractivity contribution in [2.75, 3.05) is 33.1 Å². The average Bonchev–Trinajstić information content (AvgIpc) is 2.69. The maximum absolute atomic E-state index is 13.9. The molecule has 0 unspecified atom stereocenters. The molecule has 34 heavy (non-hydrogen) atoms. The summed E-state index contributed by atoms with van der Waals surface area (Å²) in [5.41, 5.74) is 3.95. The van der Waals surface area contributed by atoms with Crippen molar-refractivity contribution in [1.29, 1.82) is 0 Å². The van der Waals surface area contributed by atoms with Gasteiger partial charge in [-0.3, -0.25) is 19.3 Å². The zero-order valence-electron chi connectivity index (χ0n) is 20.3. The van der Waals surface area contributed by atoms with E-state index in [4.69, 9.17) is 5.73 Å². The highest BCUT2D eigenvalue weighted by Gasteiger charge is 2.65. The minimum absolute atomic E-state index is 0.0335. The maximum Gasteiger partial charge on any atom is 0.255 e. The summed E-state index contributed by atoms with van der Waals surface area (Å²) in [5.74, 6) is -5.18. The number of nitrogens with two attached hydrogens (primary N) is 1. The molecule has 0 saturated heterocycles. The highest BCUT2D eigenvalue weighted by molar-refractivity contribution is 6.25. The number of primary amides is 1. The highest BCUT2D eigenvalue weighted by atomic mass is 16.3. The molecule has 0 radical (unpaired) electrons. The van der Waals surface area contributed by atoms with Gasteiger partial charge in [0.15, 0.2) is 11.4 Å². The molecule has 4 atom stereocenters. The van der Waals surface area contributed by atoms with Crippen LogP contribution in [0.15, 0.2) is 34.8 Å². The van der Waals surface area contributed by atoms with Crippen molar-refractivity contribution in [1.82, 2.24) is 4.90 Å². The van der Waals surface area contributed by atoms with Crippen molar-refractivity contribution in [3.63, 3.8) is 0 Å². The van der Waals surface area contributed by atoms with E-state index in [-0.39, 0.29) is 12.0 Å². The van der Waals surface area contributed by atoms with Crippen molar-refractivity contribution in [3.05, 3.63) is 51.5 Å². The van der Waals surface area contributed by atoms with Gasteiger partial charge in [0.1, 0.15) is 17.1 Å². The Labute approximate surface area is 198 Å². The molecule has 1 amide bonds. The molecule has 0 fully saturated rings. The lowest BCUT2D eigenvalue weighted by atomic mass is 9.53. The summed E-state index contributed by atoms with van der Waals surface area (Å²) in [4.78, 5) is 42.8. The number of aliphatic hydroxyl groups excluding tert-OH is 2. The van der Waals surface area contributed by atoms with Crippen LogP contribution >= 0.6 is 0 Å². The Morgan fingerprint density at radius 1 is 1.15 bits per heavy atom. The van der Waals surface area contributed by atoms with E-state index >= 15 is 0 Å². The number of ketones is 2. The number of anilines is 1. The van der Waals surface area contributed by atoms with Gasteiger partial charge in [-0.1, -0.05) is 13.0 Å². The number of hydrogen-bond acceptors (Lipinski definition) is 8. The van der Waals surface area contributed by atoms with Gasteiger partial charge in [-0.2, -0.15) is 0 Å². The van der Waals surface area contributed by atoms with Crippen LogP contribution in [0.25, 0.3) is 0 Å². The molecule has 3 aliphatic carbocycles. The van der Waals surface area contributed by atoms with Crippen molar-refractivity contribution < 1.29 is 29.7 Å². The van der Waals surface area contributed by atoms with Gasteiger partial charge in [0.25, 0.3) is 5.91 Å². The number of hydrogen-bond donors (Lipinski definition) is 4. The Hall–Kier alpha value is -3.17. The van der Waals surface area contributed by atoms with Gasteiger partial charge < -0.3 is 26.0 Å². The smallest absolute Gasteiger partial charge is 0.255 e. The number of carbonyl (C=O) groups is 3. The standard InChI is InChI=1S/C25H31N3O6/c1-11-7-8-14(27(3)4)12-9-24(2)10-13-18(28(5)6)20(30)16(23(26)33)21(31)25(13,34)22(32)17(24)19(29)15(11)12/h7-8,13,18,30,32,34H,9-10H2,1-6H3,(H2,26,33)/t13-,18-,24-,25+/m0/s1. The summed E-state index contributed by atoms with van der Waals surface area (Å²) in [5, 5.41) is 34.0. The first-order chi connectivity index (χ1) is 15.7. The molecule has 182 valence electrons. The number of carbonyl (C=O) groups excluding carboxylic acids is 3. The summed E-state index contributed by atoms with van der Waals surface area (Å²) >= 11 is 0. The fourth-order valence-electron chi connectivity index (χ4n) is 6.22.